The van der Waals surface area contributed by atoms with E-state index in [-0.39, 0.29) is 5.46 Å². The Morgan fingerprint density at radius 1 is 1.27 bits per heavy atom. The van der Waals surface area contributed by atoms with Gasteiger partial charge in [-0.2, -0.15) is 0 Å². The van der Waals surface area contributed by atoms with Gasteiger partial charge in [0.15, 0.2) is 0 Å². The number of alkyl halides is 3. The number of hydrogen-bond donors (Lipinski definition) is 2. The van der Waals surface area contributed by atoms with Gasteiger partial charge in [0.2, 0.25) is 0 Å². The van der Waals surface area contributed by atoms with Crippen LogP contribution in [-0.4, -0.2) is 23.5 Å². The normalized spacial score (nSPS) is 11.3. The lowest BCUT2D eigenvalue weighted by atomic mass is 9.79. The molecule has 15 heavy (non-hydrogen) atoms. The average molecular weight is 220 g/mol. The minimum absolute atomic E-state index is 0.321. The molecule has 1 aromatic rings. The SMILES string of the molecule is Cc1ccc(B(O)O)c(OC(F)(F)F)c1. The van der Waals surface area contributed by atoms with Crippen molar-refractivity contribution >= 4 is 12.6 Å². The van der Waals surface area contributed by atoms with Gasteiger partial charge in [-0.05, 0) is 18.6 Å². The van der Waals surface area contributed by atoms with E-state index in [1.807, 2.05) is 0 Å². The topological polar surface area (TPSA) is 49.7 Å². The van der Waals surface area contributed by atoms with Crippen LogP contribution in [0.25, 0.3) is 0 Å². The Morgan fingerprint density at radius 2 is 1.87 bits per heavy atom. The molecule has 7 heteroatoms. The Bertz CT molecular complexity index is 351. The summed E-state index contributed by atoms with van der Waals surface area (Å²) in [5.41, 5.74) is 0.205. The maximum Gasteiger partial charge on any atom is 0.573 e. The first kappa shape index (κ1) is 11.9. The van der Waals surface area contributed by atoms with Crippen LogP contribution in [0.3, 0.4) is 0 Å². The van der Waals surface area contributed by atoms with Crippen molar-refractivity contribution < 1.29 is 28.0 Å². The van der Waals surface area contributed by atoms with Crippen molar-refractivity contribution in [1.29, 1.82) is 0 Å². The van der Waals surface area contributed by atoms with Crippen LogP contribution < -0.4 is 10.2 Å². The van der Waals surface area contributed by atoms with Crippen molar-refractivity contribution in [2.24, 2.45) is 0 Å². The maximum atomic E-state index is 11.9. The quantitative estimate of drug-likeness (QED) is 0.716. The molecule has 0 fully saturated rings. The molecule has 0 saturated heterocycles. The highest BCUT2D eigenvalue weighted by molar-refractivity contribution is 6.59. The molecule has 0 saturated carbocycles. The molecule has 0 spiro atoms. The first-order valence-electron chi connectivity index (χ1n) is 4.02. The third-order valence-electron chi connectivity index (χ3n) is 1.67. The third-order valence-corrected chi connectivity index (χ3v) is 1.67. The molecule has 0 bridgehead atoms. The smallest absolute Gasteiger partial charge is 0.423 e. The van der Waals surface area contributed by atoms with Crippen LogP contribution in [0.4, 0.5) is 13.2 Å². The van der Waals surface area contributed by atoms with E-state index in [4.69, 9.17) is 10.0 Å². The van der Waals surface area contributed by atoms with Gasteiger partial charge in [-0.3, -0.25) is 0 Å². The highest BCUT2D eigenvalue weighted by Gasteiger charge is 2.33. The molecule has 0 amide bonds. The van der Waals surface area contributed by atoms with Crippen molar-refractivity contribution in [1.82, 2.24) is 0 Å². The second-order valence-electron chi connectivity index (χ2n) is 2.96. The second-order valence-corrected chi connectivity index (χ2v) is 2.96. The molecule has 0 aromatic heterocycles. The zero-order valence-corrected chi connectivity index (χ0v) is 7.75. The van der Waals surface area contributed by atoms with E-state index in [0.717, 1.165) is 6.07 Å². The molecule has 0 unspecified atom stereocenters. The van der Waals surface area contributed by atoms with Gasteiger partial charge in [-0.25, -0.2) is 0 Å². The van der Waals surface area contributed by atoms with Crippen molar-refractivity contribution in [3.8, 4) is 5.75 Å². The Balaban J connectivity index is 3.08. The minimum atomic E-state index is -4.85. The van der Waals surface area contributed by atoms with E-state index < -0.39 is 19.2 Å². The summed E-state index contributed by atoms with van der Waals surface area (Å²) in [5, 5.41) is 17.6. The molecule has 2 N–H and O–H groups in total. The molecule has 0 atom stereocenters. The number of aryl methyl sites for hydroxylation is 1. The fourth-order valence-electron chi connectivity index (χ4n) is 1.07. The molecule has 0 aliphatic heterocycles. The Morgan fingerprint density at radius 3 is 2.33 bits per heavy atom. The van der Waals surface area contributed by atoms with Crippen LogP contribution in [0.1, 0.15) is 5.56 Å². The van der Waals surface area contributed by atoms with E-state index in [0.29, 0.717) is 5.56 Å². The first-order valence-corrected chi connectivity index (χ1v) is 4.02. The molecule has 1 aromatic carbocycles. The lowest BCUT2D eigenvalue weighted by Gasteiger charge is -2.13. The number of hydrogen-bond acceptors (Lipinski definition) is 3. The summed E-state index contributed by atoms with van der Waals surface area (Å²) in [6.07, 6.45) is -4.85. The standard InChI is InChI=1S/C8H8BF3O3/c1-5-2-3-6(9(13)14)7(4-5)15-8(10,11)12/h2-4,13-14H,1H3. The molecule has 1 rings (SSSR count). The molecule has 0 aliphatic carbocycles. The van der Waals surface area contributed by atoms with Gasteiger partial charge in [-0.15, -0.1) is 13.2 Å². The largest absolute Gasteiger partial charge is 0.573 e. The van der Waals surface area contributed by atoms with E-state index in [1.54, 1.807) is 6.92 Å². The van der Waals surface area contributed by atoms with Gasteiger partial charge in [0.25, 0.3) is 0 Å². The predicted octanol–water partition coefficient (Wildman–Crippen LogP) is 0.573. The van der Waals surface area contributed by atoms with Crippen LogP contribution in [0.2, 0.25) is 0 Å². The summed E-state index contributed by atoms with van der Waals surface area (Å²) in [5.74, 6) is -0.600. The van der Waals surface area contributed by atoms with Crippen LogP contribution in [0, 0.1) is 6.92 Å². The number of rotatable bonds is 2. The third kappa shape index (κ3) is 3.45. The van der Waals surface area contributed by atoms with Gasteiger partial charge in [0.05, 0.1) is 0 Å². The fraction of sp³-hybridized carbons (Fsp3) is 0.250. The van der Waals surface area contributed by atoms with Crippen molar-refractivity contribution in [3.63, 3.8) is 0 Å². The van der Waals surface area contributed by atoms with E-state index in [1.165, 1.54) is 12.1 Å². The minimum Gasteiger partial charge on any atom is -0.423 e. The van der Waals surface area contributed by atoms with Crippen molar-refractivity contribution in [3.05, 3.63) is 23.8 Å². The molecular formula is C8H8BF3O3. The molecule has 82 valence electrons. The van der Waals surface area contributed by atoms with Crippen LogP contribution in [-0.2, 0) is 0 Å². The first-order chi connectivity index (χ1) is 6.79. The fourth-order valence-corrected chi connectivity index (χ4v) is 1.07. The highest BCUT2D eigenvalue weighted by atomic mass is 19.4. The summed E-state index contributed by atoms with van der Waals surface area (Å²) in [6.45, 7) is 1.57. The zero-order chi connectivity index (χ0) is 11.6. The average Bonchev–Trinajstić information content (AvgIpc) is 1.99. The lowest BCUT2D eigenvalue weighted by molar-refractivity contribution is -0.274. The number of benzene rings is 1. The second kappa shape index (κ2) is 4.12. The van der Waals surface area contributed by atoms with Crippen LogP contribution in [0.15, 0.2) is 18.2 Å². The zero-order valence-electron chi connectivity index (χ0n) is 7.75. The van der Waals surface area contributed by atoms with Gasteiger partial charge in [-0.1, -0.05) is 12.1 Å². The summed E-state index contributed by atoms with van der Waals surface area (Å²) >= 11 is 0. The molecule has 0 heterocycles. The predicted molar refractivity (Wildman–Crippen MR) is 47.7 cm³/mol. The summed E-state index contributed by atoms with van der Waals surface area (Å²) in [7, 11) is -2.00. The van der Waals surface area contributed by atoms with Crippen molar-refractivity contribution in [2.45, 2.75) is 13.3 Å². The van der Waals surface area contributed by atoms with Gasteiger partial charge < -0.3 is 14.8 Å². The summed E-state index contributed by atoms with van der Waals surface area (Å²) in [4.78, 5) is 0. The summed E-state index contributed by atoms with van der Waals surface area (Å²) in [6, 6.07) is 3.71. The Kier molecular flexibility index (Phi) is 3.26. The molecule has 0 aliphatic rings. The van der Waals surface area contributed by atoms with Crippen LogP contribution >= 0.6 is 0 Å². The van der Waals surface area contributed by atoms with Crippen LogP contribution in [0.5, 0.6) is 5.75 Å². The van der Waals surface area contributed by atoms with Crippen molar-refractivity contribution in [2.75, 3.05) is 0 Å². The maximum absolute atomic E-state index is 11.9. The van der Waals surface area contributed by atoms with Gasteiger partial charge in [0, 0.05) is 5.46 Å². The lowest BCUT2D eigenvalue weighted by Crippen LogP contribution is -2.33. The van der Waals surface area contributed by atoms with E-state index in [9.17, 15) is 13.2 Å². The van der Waals surface area contributed by atoms with Gasteiger partial charge >= 0.3 is 13.5 Å². The monoisotopic (exact) mass is 220 g/mol. The Hall–Kier alpha value is -1.21. The molecular weight excluding hydrogens is 212 g/mol. The van der Waals surface area contributed by atoms with Gasteiger partial charge in [0.1, 0.15) is 5.75 Å². The Labute approximate surface area is 84.3 Å². The number of ether oxygens (including phenoxy) is 1. The van der Waals surface area contributed by atoms with E-state index in [2.05, 4.69) is 4.74 Å². The van der Waals surface area contributed by atoms with E-state index >= 15 is 0 Å². The molecule has 3 nitrogen and oxygen atoms in total. The summed E-state index contributed by atoms with van der Waals surface area (Å²) < 4.78 is 39.4. The molecule has 0 radical (unpaired) electrons. The highest BCUT2D eigenvalue weighted by Crippen LogP contribution is 2.22. The number of halogens is 3.